The fourth-order valence-electron chi connectivity index (χ4n) is 5.29. The molecule has 2 aliphatic carbocycles. The van der Waals surface area contributed by atoms with Crippen molar-refractivity contribution in [3.63, 3.8) is 0 Å². The van der Waals surface area contributed by atoms with Crippen molar-refractivity contribution in [3.05, 3.63) is 51.3 Å². The molecule has 0 radical (unpaired) electrons. The quantitative estimate of drug-likeness (QED) is 0.520. The van der Waals surface area contributed by atoms with E-state index >= 15 is 0 Å². The minimum atomic E-state index is -4.34. The summed E-state index contributed by atoms with van der Waals surface area (Å²) in [4.78, 5) is 11.9. The van der Waals surface area contributed by atoms with E-state index in [9.17, 15) is 22.9 Å². The van der Waals surface area contributed by atoms with Gasteiger partial charge in [0, 0.05) is 24.4 Å². The van der Waals surface area contributed by atoms with E-state index < -0.39 is 10.1 Å². The minimum Gasteiger partial charge on any atom is -0.494 e. The molecule has 4 N–H and O–H groups in total. The lowest BCUT2D eigenvalue weighted by Gasteiger charge is -2.32. The number of aromatic nitrogens is 1. The third kappa shape index (κ3) is 3.34. The molecule has 1 heterocycles. The van der Waals surface area contributed by atoms with Crippen LogP contribution in [0, 0.1) is 12.3 Å². The van der Waals surface area contributed by atoms with Crippen LogP contribution in [0.3, 0.4) is 0 Å². The highest BCUT2D eigenvalue weighted by Gasteiger charge is 2.57. The summed E-state index contributed by atoms with van der Waals surface area (Å²) in [7, 11) is -2.78. The minimum absolute atomic E-state index is 0.0154. The molecule has 8 heteroatoms. The first-order chi connectivity index (χ1) is 13.5. The number of pyridine rings is 1. The normalized spacial score (nSPS) is 26.6. The molecule has 156 valence electrons. The molecule has 2 saturated carbocycles. The average Bonchev–Trinajstić information content (AvgIpc) is 3.30. The molecule has 7 nitrogen and oxygen atoms in total. The van der Waals surface area contributed by atoms with Gasteiger partial charge in [0.1, 0.15) is 0 Å². The molecule has 29 heavy (non-hydrogen) atoms. The molecule has 4 rings (SSSR count). The topological polar surface area (TPSA) is 123 Å². The fraction of sp³-hybridized carbons (Fsp3) is 0.476. The predicted molar refractivity (Wildman–Crippen MR) is 110 cm³/mol. The van der Waals surface area contributed by atoms with Crippen molar-refractivity contribution in [1.82, 2.24) is 4.57 Å². The Morgan fingerprint density at radius 1 is 1.24 bits per heavy atom. The van der Waals surface area contributed by atoms with Gasteiger partial charge in [-0.2, -0.15) is 8.42 Å². The number of anilines is 1. The van der Waals surface area contributed by atoms with Crippen molar-refractivity contribution in [1.29, 1.82) is 0 Å². The smallest absolute Gasteiger partial charge is 0.294 e. The molecular weight excluding hydrogens is 392 g/mol. The van der Waals surface area contributed by atoms with E-state index in [1.165, 1.54) is 16.7 Å². The summed E-state index contributed by atoms with van der Waals surface area (Å²) in [5, 5.41) is 10.6. The molecule has 0 saturated heterocycles. The van der Waals surface area contributed by atoms with Crippen LogP contribution in [0.1, 0.15) is 60.6 Å². The van der Waals surface area contributed by atoms with Gasteiger partial charge in [0.2, 0.25) is 0 Å². The Balaban J connectivity index is 1.70. The largest absolute Gasteiger partial charge is 0.494 e. The third-order valence-corrected chi connectivity index (χ3v) is 7.75. The van der Waals surface area contributed by atoms with Crippen molar-refractivity contribution in [2.24, 2.45) is 12.5 Å². The molecule has 1 aromatic carbocycles. The number of nitrogens with two attached hydrogens (primary N) is 1. The van der Waals surface area contributed by atoms with Gasteiger partial charge in [0.15, 0.2) is 5.88 Å². The molecule has 0 amide bonds. The molecule has 1 spiro atoms. The van der Waals surface area contributed by atoms with Gasteiger partial charge in [-0.3, -0.25) is 13.9 Å². The van der Waals surface area contributed by atoms with E-state index in [1.807, 2.05) is 6.92 Å². The predicted octanol–water partition coefficient (Wildman–Crippen LogP) is 3.06. The molecular formula is C21H26N2O5S. The molecule has 2 fully saturated rings. The van der Waals surface area contributed by atoms with Gasteiger partial charge in [-0.15, -0.1) is 0 Å². The van der Waals surface area contributed by atoms with Crippen LogP contribution in [0.5, 0.6) is 5.88 Å². The number of nitrogen functional groups attached to an aromatic ring is 1. The zero-order valence-electron chi connectivity index (χ0n) is 16.6. The molecule has 0 bridgehead atoms. The summed E-state index contributed by atoms with van der Waals surface area (Å²) in [5.74, 6) is 0.109. The van der Waals surface area contributed by atoms with Crippen LogP contribution in [0.4, 0.5) is 5.69 Å². The van der Waals surface area contributed by atoms with Gasteiger partial charge in [-0.1, -0.05) is 6.42 Å². The Kier molecular flexibility index (Phi) is 4.55. The monoisotopic (exact) mass is 418 g/mol. The second-order valence-electron chi connectivity index (χ2n) is 8.65. The second kappa shape index (κ2) is 6.60. The van der Waals surface area contributed by atoms with Crippen LogP contribution in [0.2, 0.25) is 0 Å². The lowest BCUT2D eigenvalue weighted by molar-refractivity contribution is 0.287. The van der Waals surface area contributed by atoms with Gasteiger partial charge in [0.25, 0.3) is 15.7 Å². The Bertz CT molecular complexity index is 1150. The molecule has 2 aromatic rings. The maximum atomic E-state index is 11.9. The molecule has 0 aliphatic heterocycles. The highest BCUT2D eigenvalue weighted by Crippen LogP contribution is 2.69. The van der Waals surface area contributed by atoms with Gasteiger partial charge in [-0.05, 0) is 79.2 Å². The Morgan fingerprint density at radius 3 is 2.66 bits per heavy atom. The summed E-state index contributed by atoms with van der Waals surface area (Å²) in [6.07, 6.45) is 4.37. The van der Waals surface area contributed by atoms with Crippen molar-refractivity contribution in [3.8, 4) is 5.88 Å². The van der Waals surface area contributed by atoms with Crippen LogP contribution in [0.15, 0.2) is 34.0 Å². The summed E-state index contributed by atoms with van der Waals surface area (Å²) in [5.41, 5.74) is 8.27. The van der Waals surface area contributed by atoms with Crippen molar-refractivity contribution in [2.75, 3.05) is 5.73 Å². The van der Waals surface area contributed by atoms with Crippen LogP contribution in [-0.2, 0) is 17.2 Å². The Morgan fingerprint density at radius 2 is 1.97 bits per heavy atom. The number of hydrogen-bond donors (Lipinski definition) is 3. The van der Waals surface area contributed by atoms with Gasteiger partial charge in [0.05, 0.1) is 4.90 Å². The van der Waals surface area contributed by atoms with Gasteiger partial charge >= 0.3 is 0 Å². The average molecular weight is 419 g/mol. The molecule has 2 aliphatic rings. The van der Waals surface area contributed by atoms with Crippen LogP contribution in [0.25, 0.3) is 0 Å². The van der Waals surface area contributed by atoms with Gasteiger partial charge in [-0.25, -0.2) is 0 Å². The lowest BCUT2D eigenvalue weighted by Crippen LogP contribution is -2.21. The van der Waals surface area contributed by atoms with E-state index in [0.717, 1.165) is 43.2 Å². The maximum Gasteiger partial charge on any atom is 0.294 e. The van der Waals surface area contributed by atoms with Crippen LogP contribution < -0.4 is 11.3 Å². The number of nitrogens with zero attached hydrogens (tertiary/aromatic N) is 1. The number of aryl methyl sites for hydroxylation is 1. The van der Waals surface area contributed by atoms with E-state index in [2.05, 4.69) is 0 Å². The summed E-state index contributed by atoms with van der Waals surface area (Å²) < 4.78 is 34.7. The van der Waals surface area contributed by atoms with E-state index in [0.29, 0.717) is 11.3 Å². The van der Waals surface area contributed by atoms with E-state index in [4.69, 9.17) is 5.73 Å². The summed E-state index contributed by atoms with van der Waals surface area (Å²) in [6, 6.07) is 6.06. The Labute approximate surface area is 169 Å². The summed E-state index contributed by atoms with van der Waals surface area (Å²) >= 11 is 0. The van der Waals surface area contributed by atoms with Crippen LogP contribution >= 0.6 is 0 Å². The second-order valence-corrected chi connectivity index (χ2v) is 10.0. The van der Waals surface area contributed by atoms with E-state index in [1.54, 1.807) is 19.2 Å². The van der Waals surface area contributed by atoms with Crippen molar-refractivity contribution in [2.45, 2.75) is 55.8 Å². The fourth-order valence-corrected chi connectivity index (χ4v) is 6.05. The summed E-state index contributed by atoms with van der Waals surface area (Å²) in [6.45, 7) is 1.84. The third-order valence-electron chi connectivity index (χ3n) is 6.82. The van der Waals surface area contributed by atoms with Gasteiger partial charge < -0.3 is 10.8 Å². The zero-order valence-corrected chi connectivity index (χ0v) is 17.4. The van der Waals surface area contributed by atoms with Crippen molar-refractivity contribution < 1.29 is 18.1 Å². The number of aromatic hydroxyl groups is 1. The first-order valence-corrected chi connectivity index (χ1v) is 11.2. The Hall–Kier alpha value is -2.32. The number of hydrogen-bond acceptors (Lipinski definition) is 5. The first-order valence-electron chi connectivity index (χ1n) is 9.80. The highest BCUT2D eigenvalue weighted by molar-refractivity contribution is 7.85. The first kappa shape index (κ1) is 20.0. The van der Waals surface area contributed by atoms with E-state index in [-0.39, 0.29) is 33.6 Å². The van der Waals surface area contributed by atoms with Crippen LogP contribution in [-0.4, -0.2) is 22.6 Å². The zero-order chi connectivity index (χ0) is 21.1. The molecule has 3 unspecified atom stereocenters. The highest BCUT2D eigenvalue weighted by atomic mass is 32.2. The lowest BCUT2D eigenvalue weighted by atomic mass is 9.74. The molecule has 1 aromatic heterocycles. The SMILES string of the molecule is Cc1cc(=O)n(C)c(O)c1C1CC12CCCC(c1cc(N)ccc1S(=O)(=O)O)C2. The van der Waals surface area contributed by atoms with Crippen molar-refractivity contribution >= 4 is 15.8 Å². The number of rotatable bonds is 3. The molecule has 3 atom stereocenters. The maximum absolute atomic E-state index is 11.9. The standard InChI is InChI=1S/C21H26N2O5S/c1-12-8-18(24)23(2)20(25)19(12)16-11-21(16)7-3-4-13(10-21)15-9-14(22)5-6-17(15)29(26,27)28/h5-6,8-9,13,16,25H,3-4,7,10-11,22H2,1-2H3,(H,26,27,28). The number of benzene rings is 1.